The molecule has 0 bridgehead atoms. The summed E-state index contributed by atoms with van der Waals surface area (Å²) in [7, 11) is 1.44. The molecule has 0 fully saturated rings. The first-order valence-corrected chi connectivity index (χ1v) is 11.9. The summed E-state index contributed by atoms with van der Waals surface area (Å²) < 4.78 is 5.24. The van der Waals surface area contributed by atoms with Crippen LogP contribution in [0.5, 0.6) is 11.5 Å². The van der Waals surface area contributed by atoms with Crippen molar-refractivity contribution >= 4 is 17.8 Å². The molecule has 37 heavy (non-hydrogen) atoms. The highest BCUT2D eigenvalue weighted by Gasteiger charge is 2.34. The van der Waals surface area contributed by atoms with Gasteiger partial charge in [0.15, 0.2) is 17.5 Å². The topological polar surface area (TPSA) is 157 Å². The van der Waals surface area contributed by atoms with E-state index in [1.807, 2.05) is 60.7 Å². The van der Waals surface area contributed by atoms with E-state index in [0.717, 1.165) is 11.1 Å². The Kier molecular flexibility index (Phi) is 9.48. The van der Waals surface area contributed by atoms with Gasteiger partial charge >= 0.3 is 0 Å². The van der Waals surface area contributed by atoms with Crippen LogP contribution in [-0.2, 0) is 16.1 Å². The molecule has 194 valence electrons. The Morgan fingerprint density at radius 2 is 1.54 bits per heavy atom. The quantitative estimate of drug-likeness (QED) is 0.169. The largest absolute Gasteiger partial charge is 0.504 e. The van der Waals surface area contributed by atoms with E-state index in [9.17, 15) is 14.7 Å². The van der Waals surface area contributed by atoms with E-state index in [4.69, 9.17) is 21.9 Å². The number of phenolic OH excluding ortho intramolecular Hbond substituents is 1. The first-order chi connectivity index (χ1) is 17.8. The van der Waals surface area contributed by atoms with Crippen LogP contribution in [0, 0.1) is 0 Å². The van der Waals surface area contributed by atoms with E-state index < -0.39 is 17.9 Å². The van der Waals surface area contributed by atoms with Crippen molar-refractivity contribution in [3.05, 3.63) is 95.6 Å². The number of aromatic hydroxyl groups is 1. The zero-order chi connectivity index (χ0) is 26.8. The van der Waals surface area contributed by atoms with Gasteiger partial charge in [0.05, 0.1) is 13.0 Å². The number of carbonyl (C=O) groups excluding carboxylic acids is 2. The maximum absolute atomic E-state index is 14.3. The number of rotatable bonds is 12. The number of amides is 2. The molecule has 0 heterocycles. The van der Waals surface area contributed by atoms with Crippen LogP contribution in [0.2, 0.25) is 0 Å². The van der Waals surface area contributed by atoms with Gasteiger partial charge in [-0.3, -0.25) is 14.6 Å². The third-order valence-electron chi connectivity index (χ3n) is 6.03. The molecule has 0 saturated carbocycles. The molecule has 0 aliphatic heterocycles. The second-order valence-corrected chi connectivity index (χ2v) is 8.59. The predicted octanol–water partition coefficient (Wildman–Crippen LogP) is 2.47. The number of carbonyl (C=O) groups is 2. The molecule has 0 aliphatic rings. The standard InChI is InChI=1S/C28H33N5O4/c1-37-24-17-19(14-15-23(24)34)18-33(22(26(29)35)13-8-16-32-28(30)31)27(36)25(20-9-4-2-5-10-20)21-11-6-3-7-12-21/h2-7,9-12,14-15,17,22,25,34H,8,13,16,18H2,1H3,(H2,29,35)(H4,30,31,32)/t22-/m0/s1. The van der Waals surface area contributed by atoms with Crippen LogP contribution in [0.4, 0.5) is 0 Å². The normalized spacial score (nSPS) is 11.5. The number of hydrogen-bond donors (Lipinski definition) is 4. The third-order valence-corrected chi connectivity index (χ3v) is 6.03. The Labute approximate surface area is 216 Å². The molecule has 0 unspecified atom stereocenters. The van der Waals surface area contributed by atoms with Gasteiger partial charge in [-0.25, -0.2) is 0 Å². The molecule has 9 heteroatoms. The summed E-state index contributed by atoms with van der Waals surface area (Å²) in [6, 6.07) is 22.7. The minimum Gasteiger partial charge on any atom is -0.504 e. The van der Waals surface area contributed by atoms with Crippen LogP contribution in [-0.4, -0.2) is 47.5 Å². The molecule has 3 rings (SSSR count). The number of hydrogen-bond acceptors (Lipinski definition) is 5. The van der Waals surface area contributed by atoms with Crippen molar-refractivity contribution in [2.45, 2.75) is 31.3 Å². The average Bonchev–Trinajstić information content (AvgIpc) is 2.89. The van der Waals surface area contributed by atoms with Crippen LogP contribution in [0.15, 0.2) is 83.9 Å². The van der Waals surface area contributed by atoms with Crippen molar-refractivity contribution < 1.29 is 19.4 Å². The van der Waals surface area contributed by atoms with Gasteiger partial charge in [0.1, 0.15) is 6.04 Å². The zero-order valence-electron chi connectivity index (χ0n) is 20.8. The van der Waals surface area contributed by atoms with Crippen LogP contribution in [0.3, 0.4) is 0 Å². The van der Waals surface area contributed by atoms with Crippen molar-refractivity contribution in [1.82, 2.24) is 4.90 Å². The molecule has 0 aliphatic carbocycles. The first-order valence-electron chi connectivity index (χ1n) is 11.9. The van der Waals surface area contributed by atoms with Crippen LogP contribution in [0.25, 0.3) is 0 Å². The fraction of sp³-hybridized carbons (Fsp3) is 0.250. The van der Waals surface area contributed by atoms with Crippen molar-refractivity contribution in [3.8, 4) is 11.5 Å². The molecule has 2 amide bonds. The molecular weight excluding hydrogens is 470 g/mol. The summed E-state index contributed by atoms with van der Waals surface area (Å²) in [5, 5.41) is 10.0. The number of phenols is 1. The van der Waals surface area contributed by atoms with E-state index in [-0.39, 0.29) is 36.3 Å². The second-order valence-electron chi connectivity index (χ2n) is 8.59. The van der Waals surface area contributed by atoms with Gasteiger partial charge in [-0.05, 0) is 41.7 Å². The number of guanidine groups is 1. The minimum atomic E-state index is -0.920. The molecule has 0 aromatic heterocycles. The maximum Gasteiger partial charge on any atom is 0.240 e. The molecule has 1 atom stereocenters. The number of nitrogens with zero attached hydrogens (tertiary/aromatic N) is 2. The zero-order valence-corrected chi connectivity index (χ0v) is 20.8. The second kappa shape index (κ2) is 13.0. The Morgan fingerprint density at radius 1 is 0.946 bits per heavy atom. The van der Waals surface area contributed by atoms with Crippen LogP contribution >= 0.6 is 0 Å². The average molecular weight is 504 g/mol. The highest BCUT2D eigenvalue weighted by atomic mass is 16.5. The van der Waals surface area contributed by atoms with E-state index >= 15 is 0 Å². The highest BCUT2D eigenvalue weighted by Crippen LogP contribution is 2.31. The molecule has 3 aromatic carbocycles. The van der Waals surface area contributed by atoms with Gasteiger partial charge in [0.2, 0.25) is 11.8 Å². The number of benzene rings is 3. The van der Waals surface area contributed by atoms with Gasteiger partial charge in [-0.1, -0.05) is 66.7 Å². The Morgan fingerprint density at radius 3 is 2.05 bits per heavy atom. The SMILES string of the molecule is COc1cc(CN(C(=O)C(c2ccccc2)c2ccccc2)[C@@H](CCCN=C(N)N)C(N)=O)ccc1O. The van der Waals surface area contributed by atoms with Gasteiger partial charge in [0, 0.05) is 13.1 Å². The summed E-state index contributed by atoms with van der Waals surface area (Å²) in [5.41, 5.74) is 18.9. The number of ether oxygens (including phenoxy) is 1. The Bertz CT molecular complexity index is 1170. The van der Waals surface area contributed by atoms with Crippen LogP contribution < -0.4 is 21.9 Å². The summed E-state index contributed by atoms with van der Waals surface area (Å²) in [4.78, 5) is 32.5. The van der Waals surface area contributed by atoms with Crippen LogP contribution in [0.1, 0.15) is 35.4 Å². The first kappa shape index (κ1) is 27.1. The monoisotopic (exact) mass is 503 g/mol. The van der Waals surface area contributed by atoms with Gasteiger partial charge in [-0.15, -0.1) is 0 Å². The third kappa shape index (κ3) is 7.23. The fourth-order valence-electron chi connectivity index (χ4n) is 4.24. The smallest absolute Gasteiger partial charge is 0.240 e. The Balaban J connectivity index is 2.05. The van der Waals surface area contributed by atoms with Gasteiger partial charge in [0.25, 0.3) is 0 Å². The Hall–Kier alpha value is -4.53. The van der Waals surface area contributed by atoms with E-state index in [1.165, 1.54) is 18.1 Å². The molecule has 0 radical (unpaired) electrons. The molecule has 3 aromatic rings. The van der Waals surface area contributed by atoms with Crippen molar-refractivity contribution in [1.29, 1.82) is 0 Å². The number of primary amides is 1. The summed E-state index contributed by atoms with van der Waals surface area (Å²) in [6.45, 7) is 0.365. The lowest BCUT2D eigenvalue weighted by molar-refractivity contribution is -0.141. The minimum absolute atomic E-state index is 0.0285. The lowest BCUT2D eigenvalue weighted by Gasteiger charge is -2.33. The van der Waals surface area contributed by atoms with Crippen molar-refractivity contribution in [2.75, 3.05) is 13.7 Å². The number of aliphatic imine (C=N–C) groups is 1. The predicted molar refractivity (Wildman–Crippen MR) is 143 cm³/mol. The molecule has 0 saturated heterocycles. The van der Waals surface area contributed by atoms with E-state index in [1.54, 1.807) is 12.1 Å². The lowest BCUT2D eigenvalue weighted by Crippen LogP contribution is -2.49. The molecule has 0 spiro atoms. The van der Waals surface area contributed by atoms with E-state index in [0.29, 0.717) is 18.5 Å². The van der Waals surface area contributed by atoms with E-state index in [2.05, 4.69) is 4.99 Å². The summed E-state index contributed by atoms with van der Waals surface area (Å²) in [6.07, 6.45) is 0.707. The number of methoxy groups -OCH3 is 1. The number of nitrogens with two attached hydrogens (primary N) is 3. The summed E-state index contributed by atoms with van der Waals surface area (Å²) in [5.74, 6) is -1.40. The van der Waals surface area contributed by atoms with Crippen molar-refractivity contribution in [3.63, 3.8) is 0 Å². The molecule has 7 N–H and O–H groups in total. The van der Waals surface area contributed by atoms with Gasteiger partial charge < -0.3 is 31.9 Å². The highest BCUT2D eigenvalue weighted by molar-refractivity contribution is 5.92. The van der Waals surface area contributed by atoms with Crippen molar-refractivity contribution in [2.24, 2.45) is 22.2 Å². The summed E-state index contributed by atoms with van der Waals surface area (Å²) >= 11 is 0. The molecule has 9 nitrogen and oxygen atoms in total. The molecular formula is C28H33N5O4. The van der Waals surface area contributed by atoms with Gasteiger partial charge in [-0.2, -0.15) is 0 Å². The fourth-order valence-corrected chi connectivity index (χ4v) is 4.24. The lowest BCUT2D eigenvalue weighted by atomic mass is 9.89. The maximum atomic E-state index is 14.3.